The minimum atomic E-state index is -0.270. The molecule has 164 valence electrons. The van der Waals surface area contributed by atoms with E-state index < -0.39 is 0 Å². The highest BCUT2D eigenvalue weighted by Gasteiger charge is 2.31. The first-order chi connectivity index (χ1) is 14.9. The first kappa shape index (κ1) is 22.2. The zero-order chi connectivity index (χ0) is 22.5. The number of hydrogen-bond donors (Lipinski definition) is 1. The number of carbonyl (C=O) groups is 2. The summed E-state index contributed by atoms with van der Waals surface area (Å²) in [5, 5.41) is 2.91. The summed E-state index contributed by atoms with van der Waals surface area (Å²) in [6, 6.07) is 9.21. The number of nitrogens with one attached hydrogen (secondary N) is 1. The summed E-state index contributed by atoms with van der Waals surface area (Å²) in [5.74, 6) is 1.23. The molecular formula is C24H28N2O5. The fourth-order valence-electron chi connectivity index (χ4n) is 3.57. The Labute approximate surface area is 182 Å². The van der Waals surface area contributed by atoms with Gasteiger partial charge in [-0.15, -0.1) is 0 Å². The molecule has 1 aliphatic heterocycles. The van der Waals surface area contributed by atoms with Crippen LogP contribution < -0.4 is 24.4 Å². The Kier molecular flexibility index (Phi) is 6.84. The third-order valence-corrected chi connectivity index (χ3v) is 5.39. The molecule has 1 aliphatic rings. The third-order valence-electron chi connectivity index (χ3n) is 5.39. The highest BCUT2D eigenvalue weighted by molar-refractivity contribution is 5.98. The topological polar surface area (TPSA) is 77.1 Å². The molecule has 1 N–H and O–H groups in total. The summed E-state index contributed by atoms with van der Waals surface area (Å²) in [6.45, 7) is 4.51. The monoisotopic (exact) mass is 424 g/mol. The molecule has 0 spiro atoms. The van der Waals surface area contributed by atoms with Crippen LogP contribution in [-0.2, 0) is 9.59 Å². The van der Waals surface area contributed by atoms with E-state index in [2.05, 4.69) is 5.32 Å². The molecule has 7 heteroatoms. The van der Waals surface area contributed by atoms with Crippen LogP contribution in [-0.4, -0.2) is 45.7 Å². The first-order valence-corrected chi connectivity index (χ1v) is 10.0. The molecule has 2 amide bonds. The number of nitrogens with zero attached hydrogens (tertiary/aromatic N) is 1. The number of hydrogen-bond acceptors (Lipinski definition) is 5. The lowest BCUT2D eigenvalue weighted by molar-refractivity contribution is -0.117. The fourth-order valence-corrected chi connectivity index (χ4v) is 3.57. The van der Waals surface area contributed by atoms with Crippen molar-refractivity contribution in [2.45, 2.75) is 26.3 Å². The van der Waals surface area contributed by atoms with Gasteiger partial charge in [0.2, 0.25) is 17.6 Å². The van der Waals surface area contributed by atoms with Crippen LogP contribution in [0, 0.1) is 13.8 Å². The number of rotatable bonds is 7. The summed E-state index contributed by atoms with van der Waals surface area (Å²) in [5.41, 5.74) is 3.89. The van der Waals surface area contributed by atoms with Crippen LogP contribution >= 0.6 is 0 Å². The van der Waals surface area contributed by atoms with E-state index in [9.17, 15) is 9.59 Å². The SMILES string of the molecule is COc1cc(/C=C/C(=O)N[C@@H]2CC(=O)N(c3ccc(C)c(C)c3)C2)cc(OC)c1OC. The molecule has 1 saturated heterocycles. The second kappa shape index (κ2) is 9.55. The van der Waals surface area contributed by atoms with Crippen molar-refractivity contribution in [1.82, 2.24) is 5.32 Å². The highest BCUT2D eigenvalue weighted by atomic mass is 16.5. The predicted molar refractivity (Wildman–Crippen MR) is 120 cm³/mol. The van der Waals surface area contributed by atoms with Gasteiger partial charge in [-0.2, -0.15) is 0 Å². The maximum atomic E-state index is 12.5. The normalized spacial score (nSPS) is 16.0. The lowest BCUT2D eigenvalue weighted by Crippen LogP contribution is -2.36. The third kappa shape index (κ3) is 4.99. The van der Waals surface area contributed by atoms with Gasteiger partial charge in [0, 0.05) is 24.7 Å². The van der Waals surface area contributed by atoms with Gasteiger partial charge >= 0.3 is 0 Å². The summed E-state index contributed by atoms with van der Waals surface area (Å²) in [6.07, 6.45) is 3.37. The Morgan fingerprint density at radius 2 is 1.71 bits per heavy atom. The average Bonchev–Trinajstić information content (AvgIpc) is 3.12. The Bertz CT molecular complexity index is 990. The van der Waals surface area contributed by atoms with Crippen LogP contribution in [0.5, 0.6) is 17.2 Å². The summed E-state index contributed by atoms with van der Waals surface area (Å²) in [4.78, 5) is 26.6. The zero-order valence-corrected chi connectivity index (χ0v) is 18.5. The highest BCUT2D eigenvalue weighted by Crippen LogP contribution is 2.38. The lowest BCUT2D eigenvalue weighted by atomic mass is 10.1. The van der Waals surface area contributed by atoms with Crippen molar-refractivity contribution in [3.05, 3.63) is 53.1 Å². The van der Waals surface area contributed by atoms with Gasteiger partial charge in [0.25, 0.3) is 0 Å². The number of benzene rings is 2. The summed E-state index contributed by atoms with van der Waals surface area (Å²) < 4.78 is 16.0. The molecule has 0 bridgehead atoms. The molecule has 31 heavy (non-hydrogen) atoms. The average molecular weight is 424 g/mol. The molecule has 0 aliphatic carbocycles. The second-order valence-corrected chi connectivity index (χ2v) is 7.47. The molecule has 1 fully saturated rings. The Morgan fingerprint density at radius 3 is 2.29 bits per heavy atom. The van der Waals surface area contributed by atoms with Gasteiger partial charge in [0.15, 0.2) is 11.5 Å². The van der Waals surface area contributed by atoms with Gasteiger partial charge in [0.1, 0.15) is 0 Å². The van der Waals surface area contributed by atoms with E-state index in [1.165, 1.54) is 33.0 Å². The largest absolute Gasteiger partial charge is 0.493 e. The molecule has 3 rings (SSSR count). The van der Waals surface area contributed by atoms with Crippen molar-refractivity contribution in [2.24, 2.45) is 0 Å². The number of methoxy groups -OCH3 is 3. The molecule has 0 saturated carbocycles. The van der Waals surface area contributed by atoms with Gasteiger partial charge in [-0.1, -0.05) is 6.07 Å². The molecule has 0 radical (unpaired) electrons. The lowest BCUT2D eigenvalue weighted by Gasteiger charge is -2.18. The minimum absolute atomic E-state index is 0.00200. The van der Waals surface area contributed by atoms with Gasteiger partial charge < -0.3 is 24.4 Å². The van der Waals surface area contributed by atoms with Crippen LogP contribution in [0.15, 0.2) is 36.4 Å². The number of ether oxygens (including phenoxy) is 3. The van der Waals surface area contributed by atoms with Gasteiger partial charge in [0.05, 0.1) is 27.4 Å². The zero-order valence-electron chi connectivity index (χ0n) is 18.5. The molecule has 2 aromatic carbocycles. The second-order valence-electron chi connectivity index (χ2n) is 7.47. The molecule has 1 atom stereocenters. The van der Waals surface area contributed by atoms with Crippen molar-refractivity contribution in [1.29, 1.82) is 0 Å². The van der Waals surface area contributed by atoms with Crippen LogP contribution in [0.25, 0.3) is 6.08 Å². The van der Waals surface area contributed by atoms with Crippen molar-refractivity contribution in [2.75, 3.05) is 32.8 Å². The van der Waals surface area contributed by atoms with Gasteiger partial charge in [-0.25, -0.2) is 0 Å². The fraction of sp³-hybridized carbons (Fsp3) is 0.333. The summed E-state index contributed by atoms with van der Waals surface area (Å²) >= 11 is 0. The van der Waals surface area contributed by atoms with Crippen molar-refractivity contribution in [3.63, 3.8) is 0 Å². The van der Waals surface area contributed by atoms with E-state index in [1.807, 2.05) is 32.0 Å². The van der Waals surface area contributed by atoms with E-state index in [0.717, 1.165) is 16.8 Å². The van der Waals surface area contributed by atoms with Gasteiger partial charge in [-0.05, 0) is 60.9 Å². The van der Waals surface area contributed by atoms with Crippen LogP contribution in [0.3, 0.4) is 0 Å². The Morgan fingerprint density at radius 1 is 1.03 bits per heavy atom. The van der Waals surface area contributed by atoms with Gasteiger partial charge in [-0.3, -0.25) is 9.59 Å². The van der Waals surface area contributed by atoms with Crippen molar-refractivity contribution < 1.29 is 23.8 Å². The van der Waals surface area contributed by atoms with Crippen LogP contribution in [0.1, 0.15) is 23.1 Å². The maximum Gasteiger partial charge on any atom is 0.244 e. The standard InChI is InChI=1S/C24H28N2O5/c1-15-6-8-19(10-16(15)2)26-14-18(13-23(26)28)25-22(27)9-7-17-11-20(29-3)24(31-5)21(12-17)30-4/h6-12,18H,13-14H2,1-5H3,(H,25,27)/b9-7+/t18-/m1/s1. The molecular weight excluding hydrogens is 396 g/mol. The summed E-state index contributed by atoms with van der Waals surface area (Å²) in [7, 11) is 4.61. The number of anilines is 1. The van der Waals surface area contributed by atoms with E-state index in [4.69, 9.17) is 14.2 Å². The van der Waals surface area contributed by atoms with E-state index in [-0.39, 0.29) is 24.3 Å². The Balaban J connectivity index is 1.66. The maximum absolute atomic E-state index is 12.5. The van der Waals surface area contributed by atoms with E-state index >= 15 is 0 Å². The van der Waals surface area contributed by atoms with Crippen molar-refractivity contribution >= 4 is 23.6 Å². The Hall–Kier alpha value is -3.48. The van der Waals surface area contributed by atoms with Crippen LogP contribution in [0.2, 0.25) is 0 Å². The van der Waals surface area contributed by atoms with Crippen LogP contribution in [0.4, 0.5) is 5.69 Å². The molecule has 1 heterocycles. The molecule has 2 aromatic rings. The minimum Gasteiger partial charge on any atom is -0.493 e. The van der Waals surface area contributed by atoms with E-state index in [1.54, 1.807) is 23.1 Å². The molecule has 7 nitrogen and oxygen atoms in total. The molecule has 0 aromatic heterocycles. The predicted octanol–water partition coefficient (Wildman–Crippen LogP) is 3.26. The van der Waals surface area contributed by atoms with E-state index in [0.29, 0.717) is 23.8 Å². The smallest absolute Gasteiger partial charge is 0.244 e. The van der Waals surface area contributed by atoms with Crippen molar-refractivity contribution in [3.8, 4) is 17.2 Å². The number of aryl methyl sites for hydroxylation is 2. The molecule has 0 unspecified atom stereocenters. The first-order valence-electron chi connectivity index (χ1n) is 10.0. The quantitative estimate of drug-likeness (QED) is 0.691. The number of carbonyl (C=O) groups excluding carboxylic acids is 2. The number of amides is 2.